The number of carbonyl (C=O) groups excluding carboxylic acids is 2. The molecule has 2 amide bonds. The molecule has 1 N–H and O–H groups in total. The maximum Gasteiger partial charge on any atom is 0.242 e. The van der Waals surface area contributed by atoms with Gasteiger partial charge >= 0.3 is 0 Å². The number of hydrogen-bond donors (Lipinski definition) is 1. The van der Waals surface area contributed by atoms with E-state index in [1.165, 1.54) is 12.1 Å². The second-order valence-corrected chi connectivity index (χ2v) is 8.06. The number of nitrogens with zero attached hydrogens (tertiary/aromatic N) is 1. The van der Waals surface area contributed by atoms with E-state index in [2.05, 4.69) is 12.2 Å². The predicted molar refractivity (Wildman–Crippen MR) is 125 cm³/mol. The molecule has 1 atom stereocenters. The second-order valence-electron chi connectivity index (χ2n) is 7.62. The molecular formula is C25H32ClFN2O3. The number of halogens is 2. The third-order valence-corrected chi connectivity index (χ3v) is 5.35. The summed E-state index contributed by atoms with van der Waals surface area (Å²) in [6.07, 6.45) is 3.11. The lowest BCUT2D eigenvalue weighted by molar-refractivity contribution is -0.141. The summed E-state index contributed by atoms with van der Waals surface area (Å²) in [6, 6.07) is 12.5. The topological polar surface area (TPSA) is 58.6 Å². The standard InChI is InChI=1S/C25H32ClFN2O3/c1-3-5-16-28-25(31)23(4-2)29(18-19-8-12-21(27)13-9-19)24(30)7-6-17-32-22-14-10-20(26)11-15-22/h8-15,23H,3-7,16-18H2,1-2H3,(H,28,31)/t23-/m0/s1. The van der Waals surface area contributed by atoms with Crippen molar-refractivity contribution in [1.82, 2.24) is 10.2 Å². The lowest BCUT2D eigenvalue weighted by atomic mass is 10.1. The maximum absolute atomic E-state index is 13.3. The van der Waals surface area contributed by atoms with Crippen LogP contribution in [0.5, 0.6) is 5.75 Å². The molecule has 174 valence electrons. The number of hydrogen-bond acceptors (Lipinski definition) is 3. The molecule has 2 aromatic carbocycles. The van der Waals surface area contributed by atoms with Crippen molar-refractivity contribution in [1.29, 1.82) is 0 Å². The van der Waals surface area contributed by atoms with Crippen LogP contribution in [0.3, 0.4) is 0 Å². The largest absolute Gasteiger partial charge is 0.494 e. The average Bonchev–Trinajstić information content (AvgIpc) is 2.79. The fourth-order valence-corrected chi connectivity index (χ4v) is 3.43. The van der Waals surface area contributed by atoms with Crippen molar-refractivity contribution in [3.63, 3.8) is 0 Å². The van der Waals surface area contributed by atoms with E-state index in [1.54, 1.807) is 41.3 Å². The smallest absolute Gasteiger partial charge is 0.242 e. The van der Waals surface area contributed by atoms with Crippen LogP contribution >= 0.6 is 11.6 Å². The molecule has 0 aliphatic rings. The Kier molecular flexibility index (Phi) is 11.0. The van der Waals surface area contributed by atoms with Crippen molar-refractivity contribution >= 4 is 23.4 Å². The molecule has 0 fully saturated rings. The first-order valence-electron chi connectivity index (χ1n) is 11.1. The van der Waals surface area contributed by atoms with Crippen molar-refractivity contribution in [2.75, 3.05) is 13.2 Å². The molecule has 0 aromatic heterocycles. The first kappa shape index (κ1) is 25.7. The molecule has 32 heavy (non-hydrogen) atoms. The molecule has 0 bridgehead atoms. The molecular weight excluding hydrogens is 431 g/mol. The Morgan fingerprint density at radius 3 is 2.38 bits per heavy atom. The average molecular weight is 463 g/mol. The summed E-state index contributed by atoms with van der Waals surface area (Å²) < 4.78 is 19.0. The van der Waals surface area contributed by atoms with Crippen LogP contribution in [0, 0.1) is 5.82 Å². The molecule has 0 radical (unpaired) electrons. The van der Waals surface area contributed by atoms with Crippen molar-refractivity contribution in [2.24, 2.45) is 0 Å². The van der Waals surface area contributed by atoms with Crippen LogP contribution in [-0.4, -0.2) is 35.9 Å². The van der Waals surface area contributed by atoms with Gasteiger partial charge in [0.25, 0.3) is 0 Å². The molecule has 2 aromatic rings. The highest BCUT2D eigenvalue weighted by molar-refractivity contribution is 6.30. The number of unbranched alkanes of at least 4 members (excludes halogenated alkanes) is 1. The van der Waals surface area contributed by atoms with E-state index < -0.39 is 6.04 Å². The summed E-state index contributed by atoms with van der Waals surface area (Å²) >= 11 is 5.87. The van der Waals surface area contributed by atoms with Gasteiger partial charge in [0.05, 0.1) is 6.61 Å². The van der Waals surface area contributed by atoms with Gasteiger partial charge in [-0.25, -0.2) is 4.39 Å². The van der Waals surface area contributed by atoms with Gasteiger partial charge in [-0.05, 0) is 61.2 Å². The van der Waals surface area contributed by atoms with Crippen LogP contribution in [0.1, 0.15) is 51.5 Å². The molecule has 0 heterocycles. The quantitative estimate of drug-likeness (QED) is 0.407. The summed E-state index contributed by atoms with van der Waals surface area (Å²) in [5.41, 5.74) is 0.775. The maximum atomic E-state index is 13.3. The summed E-state index contributed by atoms with van der Waals surface area (Å²) in [5, 5.41) is 3.56. The zero-order chi connectivity index (χ0) is 23.3. The fourth-order valence-electron chi connectivity index (χ4n) is 3.30. The van der Waals surface area contributed by atoms with E-state index >= 15 is 0 Å². The molecule has 0 saturated heterocycles. The van der Waals surface area contributed by atoms with Crippen molar-refractivity contribution in [3.8, 4) is 5.75 Å². The zero-order valence-electron chi connectivity index (χ0n) is 18.8. The third-order valence-electron chi connectivity index (χ3n) is 5.10. The first-order valence-corrected chi connectivity index (χ1v) is 11.5. The minimum absolute atomic E-state index is 0.133. The minimum atomic E-state index is -0.582. The summed E-state index contributed by atoms with van der Waals surface area (Å²) in [5.74, 6) is 0.0578. The highest BCUT2D eigenvalue weighted by Gasteiger charge is 2.28. The van der Waals surface area contributed by atoms with E-state index in [1.807, 2.05) is 6.92 Å². The van der Waals surface area contributed by atoms with Crippen LogP contribution < -0.4 is 10.1 Å². The number of benzene rings is 2. The number of carbonyl (C=O) groups is 2. The van der Waals surface area contributed by atoms with Crippen molar-refractivity contribution in [3.05, 3.63) is 64.9 Å². The van der Waals surface area contributed by atoms with Gasteiger partial charge in [0.2, 0.25) is 11.8 Å². The SMILES string of the molecule is CCCCNC(=O)[C@H](CC)N(Cc1ccc(F)cc1)C(=O)CCCOc1ccc(Cl)cc1. The fraction of sp³-hybridized carbons (Fsp3) is 0.440. The monoisotopic (exact) mass is 462 g/mol. The highest BCUT2D eigenvalue weighted by atomic mass is 35.5. The van der Waals surface area contributed by atoms with Crippen molar-refractivity contribution < 1.29 is 18.7 Å². The number of ether oxygens (including phenoxy) is 1. The second kappa shape index (κ2) is 13.7. The lowest BCUT2D eigenvalue weighted by Gasteiger charge is -2.30. The number of rotatable bonds is 13. The van der Waals surface area contributed by atoms with Gasteiger partial charge in [-0.3, -0.25) is 9.59 Å². The Bertz CT molecular complexity index is 843. The summed E-state index contributed by atoms with van der Waals surface area (Å²) in [4.78, 5) is 27.5. The third kappa shape index (κ3) is 8.50. The van der Waals surface area contributed by atoms with Crippen LogP contribution in [0.15, 0.2) is 48.5 Å². The normalized spacial score (nSPS) is 11.6. The Hall–Kier alpha value is -2.60. The highest BCUT2D eigenvalue weighted by Crippen LogP contribution is 2.17. The molecule has 7 heteroatoms. The molecule has 0 saturated carbocycles. The van der Waals surface area contributed by atoms with E-state index in [0.717, 1.165) is 18.4 Å². The summed E-state index contributed by atoms with van der Waals surface area (Å²) in [7, 11) is 0. The predicted octanol–water partition coefficient (Wildman–Crippen LogP) is 5.36. The van der Waals surface area contributed by atoms with E-state index in [0.29, 0.717) is 36.8 Å². The molecule has 5 nitrogen and oxygen atoms in total. The molecule has 0 unspecified atom stereocenters. The summed E-state index contributed by atoms with van der Waals surface area (Å²) in [6.45, 7) is 5.14. The van der Waals surface area contributed by atoms with E-state index in [9.17, 15) is 14.0 Å². The number of amides is 2. The van der Waals surface area contributed by atoms with Gasteiger partial charge in [0.1, 0.15) is 17.6 Å². The van der Waals surface area contributed by atoms with Crippen molar-refractivity contribution in [2.45, 2.75) is 58.5 Å². The van der Waals surface area contributed by atoms with Crippen LogP contribution in [0.25, 0.3) is 0 Å². The Morgan fingerprint density at radius 2 is 1.75 bits per heavy atom. The first-order chi connectivity index (χ1) is 15.4. The molecule has 0 aliphatic heterocycles. The molecule has 0 aliphatic carbocycles. The van der Waals surface area contributed by atoms with Gasteiger partial charge in [-0.1, -0.05) is 44.0 Å². The Labute approximate surface area is 194 Å². The molecule has 2 rings (SSSR count). The van der Waals surface area contributed by atoms with Gasteiger partial charge < -0.3 is 15.0 Å². The lowest BCUT2D eigenvalue weighted by Crippen LogP contribution is -2.49. The van der Waals surface area contributed by atoms with Crippen LogP contribution in [0.4, 0.5) is 4.39 Å². The van der Waals surface area contributed by atoms with Gasteiger partial charge in [0.15, 0.2) is 0 Å². The Balaban J connectivity index is 2.02. The van der Waals surface area contributed by atoms with Gasteiger partial charge in [-0.15, -0.1) is 0 Å². The van der Waals surface area contributed by atoms with Gasteiger partial charge in [0, 0.05) is 24.5 Å². The zero-order valence-corrected chi connectivity index (χ0v) is 19.5. The van der Waals surface area contributed by atoms with E-state index in [-0.39, 0.29) is 30.6 Å². The van der Waals surface area contributed by atoms with Crippen LogP contribution in [0.2, 0.25) is 5.02 Å². The number of nitrogens with one attached hydrogen (secondary N) is 1. The van der Waals surface area contributed by atoms with Gasteiger partial charge in [-0.2, -0.15) is 0 Å². The molecule has 0 spiro atoms. The van der Waals surface area contributed by atoms with Crippen LogP contribution in [-0.2, 0) is 16.1 Å². The van der Waals surface area contributed by atoms with E-state index in [4.69, 9.17) is 16.3 Å². The minimum Gasteiger partial charge on any atom is -0.494 e. The Morgan fingerprint density at radius 1 is 1.06 bits per heavy atom.